The van der Waals surface area contributed by atoms with Crippen molar-refractivity contribution >= 4 is 27.4 Å². The minimum atomic E-state index is 0.273. The first-order valence-electron chi connectivity index (χ1n) is 5.02. The maximum atomic E-state index is 5.65. The number of pyridine rings is 1. The van der Waals surface area contributed by atoms with Crippen LogP contribution in [0.3, 0.4) is 0 Å². The van der Waals surface area contributed by atoms with Crippen molar-refractivity contribution in [2.45, 2.75) is 6.92 Å². The summed E-state index contributed by atoms with van der Waals surface area (Å²) in [6, 6.07) is 9.15. The SMILES string of the molecule is Cc1ccc(Br)cc1Oc1ccc(N)c(N)n1. The predicted molar refractivity (Wildman–Crippen MR) is 72.0 cm³/mol. The fourth-order valence-corrected chi connectivity index (χ4v) is 1.66. The molecule has 0 radical (unpaired) electrons. The molecule has 0 bridgehead atoms. The number of ether oxygens (including phenoxy) is 1. The van der Waals surface area contributed by atoms with Gasteiger partial charge in [-0.1, -0.05) is 22.0 Å². The maximum Gasteiger partial charge on any atom is 0.221 e. The number of aryl methyl sites for hydroxylation is 1. The van der Waals surface area contributed by atoms with Crippen LogP contribution in [0.4, 0.5) is 11.5 Å². The Kier molecular flexibility index (Phi) is 3.19. The van der Waals surface area contributed by atoms with Gasteiger partial charge in [-0.3, -0.25) is 0 Å². The lowest BCUT2D eigenvalue weighted by Crippen LogP contribution is -1.99. The second-order valence-electron chi connectivity index (χ2n) is 3.64. The van der Waals surface area contributed by atoms with Gasteiger partial charge in [0.05, 0.1) is 5.69 Å². The molecule has 0 saturated heterocycles. The summed E-state index contributed by atoms with van der Waals surface area (Å²) in [4.78, 5) is 4.05. The van der Waals surface area contributed by atoms with Crippen molar-refractivity contribution in [3.63, 3.8) is 0 Å². The first kappa shape index (κ1) is 11.7. The average Bonchev–Trinajstić information content (AvgIpc) is 2.29. The van der Waals surface area contributed by atoms with Gasteiger partial charge in [-0.15, -0.1) is 0 Å². The van der Waals surface area contributed by atoms with Crippen LogP contribution < -0.4 is 16.2 Å². The van der Waals surface area contributed by atoms with Crippen molar-refractivity contribution < 1.29 is 4.74 Å². The number of anilines is 2. The van der Waals surface area contributed by atoms with Gasteiger partial charge in [-0.25, -0.2) is 0 Å². The number of rotatable bonds is 2. The van der Waals surface area contributed by atoms with Crippen molar-refractivity contribution in [1.82, 2.24) is 4.98 Å². The van der Waals surface area contributed by atoms with Crippen molar-refractivity contribution in [1.29, 1.82) is 0 Å². The Bertz CT molecular complexity index is 557. The van der Waals surface area contributed by atoms with Gasteiger partial charge in [0.15, 0.2) is 5.82 Å². The van der Waals surface area contributed by atoms with Crippen LogP contribution in [0.1, 0.15) is 5.56 Å². The summed E-state index contributed by atoms with van der Waals surface area (Å²) in [7, 11) is 0. The van der Waals surface area contributed by atoms with Crippen molar-refractivity contribution in [2.75, 3.05) is 11.5 Å². The van der Waals surface area contributed by atoms with Gasteiger partial charge in [0.2, 0.25) is 5.88 Å². The molecule has 0 aliphatic heterocycles. The Morgan fingerprint density at radius 2 is 1.94 bits per heavy atom. The molecule has 1 heterocycles. The van der Waals surface area contributed by atoms with Crippen LogP contribution in [0, 0.1) is 6.92 Å². The third kappa shape index (κ3) is 2.68. The summed E-state index contributed by atoms with van der Waals surface area (Å²) in [6.07, 6.45) is 0. The lowest BCUT2D eigenvalue weighted by Gasteiger charge is -2.09. The summed E-state index contributed by atoms with van der Waals surface area (Å²) < 4.78 is 6.59. The van der Waals surface area contributed by atoms with Crippen molar-refractivity contribution in [3.05, 3.63) is 40.4 Å². The monoisotopic (exact) mass is 293 g/mol. The van der Waals surface area contributed by atoms with Gasteiger partial charge < -0.3 is 16.2 Å². The van der Waals surface area contributed by atoms with E-state index in [0.29, 0.717) is 11.6 Å². The summed E-state index contributed by atoms with van der Waals surface area (Å²) in [5, 5.41) is 0. The lowest BCUT2D eigenvalue weighted by atomic mass is 10.2. The summed E-state index contributed by atoms with van der Waals surface area (Å²) in [5.74, 6) is 1.43. The molecule has 0 atom stereocenters. The van der Waals surface area contributed by atoms with Crippen LogP contribution in [-0.4, -0.2) is 4.98 Å². The molecule has 0 aliphatic rings. The number of halogens is 1. The molecule has 1 aromatic heterocycles. The Hall–Kier alpha value is -1.75. The van der Waals surface area contributed by atoms with E-state index in [1.165, 1.54) is 0 Å². The Morgan fingerprint density at radius 1 is 1.18 bits per heavy atom. The second-order valence-corrected chi connectivity index (χ2v) is 4.55. The van der Waals surface area contributed by atoms with Crippen LogP contribution in [-0.2, 0) is 0 Å². The minimum absolute atomic E-state index is 0.273. The molecular formula is C12H12BrN3O. The zero-order valence-electron chi connectivity index (χ0n) is 9.27. The molecule has 5 heteroatoms. The second kappa shape index (κ2) is 4.63. The van der Waals surface area contributed by atoms with Crippen LogP contribution in [0.25, 0.3) is 0 Å². The van der Waals surface area contributed by atoms with E-state index in [-0.39, 0.29) is 5.82 Å². The molecule has 2 aromatic rings. The Balaban J connectivity index is 2.31. The molecule has 0 fully saturated rings. The molecule has 0 spiro atoms. The highest BCUT2D eigenvalue weighted by Gasteiger charge is 2.05. The Labute approximate surface area is 108 Å². The number of hydrogen-bond acceptors (Lipinski definition) is 4. The molecule has 4 N–H and O–H groups in total. The molecule has 0 saturated carbocycles. The van der Waals surface area contributed by atoms with Gasteiger partial charge in [0.1, 0.15) is 5.75 Å². The molecule has 17 heavy (non-hydrogen) atoms. The van der Waals surface area contributed by atoms with Gasteiger partial charge in [0.25, 0.3) is 0 Å². The zero-order chi connectivity index (χ0) is 12.4. The molecule has 0 aliphatic carbocycles. The van der Waals surface area contributed by atoms with Gasteiger partial charge in [0, 0.05) is 10.5 Å². The molecule has 0 unspecified atom stereocenters. The van der Waals surface area contributed by atoms with Crippen LogP contribution in [0.15, 0.2) is 34.8 Å². The van der Waals surface area contributed by atoms with E-state index < -0.39 is 0 Å². The quantitative estimate of drug-likeness (QED) is 0.892. The molecule has 88 valence electrons. The summed E-state index contributed by atoms with van der Waals surface area (Å²) >= 11 is 3.39. The average molecular weight is 294 g/mol. The first-order chi connectivity index (χ1) is 8.06. The number of hydrogen-bond donors (Lipinski definition) is 2. The van der Waals surface area contributed by atoms with Gasteiger partial charge in [-0.2, -0.15) is 4.98 Å². The zero-order valence-corrected chi connectivity index (χ0v) is 10.9. The lowest BCUT2D eigenvalue weighted by molar-refractivity contribution is 0.460. The fourth-order valence-electron chi connectivity index (χ4n) is 1.32. The van der Waals surface area contributed by atoms with Gasteiger partial charge in [-0.05, 0) is 30.7 Å². The number of benzene rings is 1. The van der Waals surface area contributed by atoms with E-state index in [1.807, 2.05) is 25.1 Å². The third-order valence-corrected chi connectivity index (χ3v) is 2.79. The van der Waals surface area contributed by atoms with Crippen molar-refractivity contribution in [2.24, 2.45) is 0 Å². The summed E-state index contributed by atoms with van der Waals surface area (Å²) in [5.41, 5.74) is 12.7. The van der Waals surface area contributed by atoms with E-state index in [2.05, 4.69) is 20.9 Å². The molecule has 4 nitrogen and oxygen atoms in total. The molecular weight excluding hydrogens is 282 g/mol. The third-order valence-electron chi connectivity index (χ3n) is 2.30. The normalized spacial score (nSPS) is 10.2. The molecule has 1 aromatic carbocycles. The van der Waals surface area contributed by atoms with E-state index in [0.717, 1.165) is 15.8 Å². The van der Waals surface area contributed by atoms with E-state index in [4.69, 9.17) is 16.2 Å². The maximum absolute atomic E-state index is 5.65. The van der Waals surface area contributed by atoms with Crippen LogP contribution >= 0.6 is 15.9 Å². The standard InChI is InChI=1S/C12H12BrN3O/c1-7-2-3-8(13)6-10(7)17-11-5-4-9(14)12(15)16-11/h2-6H,14H2,1H3,(H2,15,16). The number of nitrogens with zero attached hydrogens (tertiary/aromatic N) is 1. The molecule has 2 rings (SSSR count). The highest BCUT2D eigenvalue weighted by atomic mass is 79.9. The minimum Gasteiger partial charge on any atom is -0.439 e. The number of nitrogen functional groups attached to an aromatic ring is 2. The van der Waals surface area contributed by atoms with Gasteiger partial charge >= 0.3 is 0 Å². The highest BCUT2D eigenvalue weighted by molar-refractivity contribution is 9.10. The molecule has 0 amide bonds. The first-order valence-corrected chi connectivity index (χ1v) is 5.81. The fraction of sp³-hybridized carbons (Fsp3) is 0.0833. The Morgan fingerprint density at radius 3 is 2.65 bits per heavy atom. The highest BCUT2D eigenvalue weighted by Crippen LogP contribution is 2.28. The van der Waals surface area contributed by atoms with E-state index in [1.54, 1.807) is 12.1 Å². The van der Waals surface area contributed by atoms with Crippen LogP contribution in [0.2, 0.25) is 0 Å². The van der Waals surface area contributed by atoms with Crippen LogP contribution in [0.5, 0.6) is 11.6 Å². The number of nitrogens with two attached hydrogens (primary N) is 2. The largest absolute Gasteiger partial charge is 0.439 e. The summed E-state index contributed by atoms with van der Waals surface area (Å²) in [6.45, 7) is 1.96. The van der Waals surface area contributed by atoms with Crippen molar-refractivity contribution in [3.8, 4) is 11.6 Å². The predicted octanol–water partition coefficient (Wildman–Crippen LogP) is 3.11. The smallest absolute Gasteiger partial charge is 0.221 e. The van der Waals surface area contributed by atoms with E-state index in [9.17, 15) is 0 Å². The number of aromatic nitrogens is 1. The topological polar surface area (TPSA) is 74.2 Å². The van der Waals surface area contributed by atoms with E-state index >= 15 is 0 Å².